The monoisotopic (exact) mass is 436 g/mol. The van der Waals surface area contributed by atoms with Crippen LogP contribution in [0.15, 0.2) is 59.5 Å². The van der Waals surface area contributed by atoms with Crippen LogP contribution < -0.4 is 5.32 Å². The van der Waals surface area contributed by atoms with E-state index >= 15 is 0 Å². The second-order valence-electron chi connectivity index (χ2n) is 6.54. The van der Waals surface area contributed by atoms with E-state index in [0.29, 0.717) is 5.13 Å². The highest BCUT2D eigenvalue weighted by atomic mass is 32.2. The molecule has 152 valence electrons. The number of nitrogens with one attached hydrogen (secondary N) is 1. The first-order chi connectivity index (χ1) is 13.7. The third kappa shape index (κ3) is 4.51. The number of carbonyl (C=O) groups is 1. The number of aromatic nitrogens is 1. The van der Waals surface area contributed by atoms with Crippen molar-refractivity contribution in [3.05, 3.63) is 65.0 Å². The molecule has 0 bridgehead atoms. The number of hydrogen-bond donors (Lipinski definition) is 1. The van der Waals surface area contributed by atoms with Crippen molar-refractivity contribution >= 4 is 32.2 Å². The van der Waals surface area contributed by atoms with E-state index in [1.165, 1.54) is 23.5 Å². The van der Waals surface area contributed by atoms with Gasteiger partial charge in [-0.2, -0.15) is 8.78 Å². The first-order valence-electron chi connectivity index (χ1n) is 8.69. The molecule has 0 spiro atoms. The molecular formula is C20H18F2N2O3S2. The first-order valence-corrected chi connectivity index (χ1v) is 11.1. The van der Waals surface area contributed by atoms with Crippen LogP contribution in [-0.4, -0.2) is 25.1 Å². The lowest BCUT2D eigenvalue weighted by Gasteiger charge is -2.05. The van der Waals surface area contributed by atoms with Crippen molar-refractivity contribution in [1.29, 1.82) is 0 Å². The van der Waals surface area contributed by atoms with Gasteiger partial charge in [-0.05, 0) is 30.2 Å². The van der Waals surface area contributed by atoms with Gasteiger partial charge in [0.15, 0.2) is 5.13 Å². The van der Waals surface area contributed by atoms with Crippen LogP contribution in [0.3, 0.4) is 0 Å². The molecule has 1 N–H and O–H groups in total. The molecule has 9 heteroatoms. The van der Waals surface area contributed by atoms with Gasteiger partial charge in [0.1, 0.15) is 0 Å². The van der Waals surface area contributed by atoms with Crippen LogP contribution in [0.4, 0.5) is 13.9 Å². The number of alkyl halides is 2. The van der Waals surface area contributed by atoms with Crippen molar-refractivity contribution < 1.29 is 22.0 Å². The highest BCUT2D eigenvalue weighted by Crippen LogP contribution is 2.36. The van der Waals surface area contributed by atoms with Crippen LogP contribution >= 0.6 is 11.3 Å². The number of hydrogen-bond acceptors (Lipinski definition) is 5. The van der Waals surface area contributed by atoms with Gasteiger partial charge in [0, 0.05) is 16.0 Å². The van der Waals surface area contributed by atoms with Crippen LogP contribution in [0, 0.1) is 0 Å². The van der Waals surface area contributed by atoms with Gasteiger partial charge >= 0.3 is 5.76 Å². The highest BCUT2D eigenvalue weighted by Gasteiger charge is 2.26. The summed E-state index contributed by atoms with van der Waals surface area (Å²) in [5.41, 5.74) is 1.87. The lowest BCUT2D eigenvalue weighted by atomic mass is 10.1. The zero-order chi connectivity index (χ0) is 21.2. The average molecular weight is 437 g/mol. The van der Waals surface area contributed by atoms with E-state index in [9.17, 15) is 22.0 Å². The Kier molecular flexibility index (Phi) is 6.09. The molecule has 29 heavy (non-hydrogen) atoms. The van der Waals surface area contributed by atoms with Gasteiger partial charge < -0.3 is 0 Å². The predicted molar refractivity (Wildman–Crippen MR) is 109 cm³/mol. The molecule has 0 aliphatic rings. The fourth-order valence-electron chi connectivity index (χ4n) is 2.65. The minimum atomic E-state index is -4.70. The minimum absolute atomic E-state index is 0.140. The van der Waals surface area contributed by atoms with Crippen molar-refractivity contribution in [2.75, 3.05) is 5.32 Å². The molecule has 5 nitrogen and oxygen atoms in total. The van der Waals surface area contributed by atoms with Crippen LogP contribution in [0.25, 0.3) is 11.3 Å². The van der Waals surface area contributed by atoms with Crippen molar-refractivity contribution in [1.82, 2.24) is 4.98 Å². The van der Waals surface area contributed by atoms with E-state index < -0.39 is 26.4 Å². The number of benzene rings is 2. The molecule has 2 aromatic carbocycles. The zero-order valence-electron chi connectivity index (χ0n) is 15.6. The summed E-state index contributed by atoms with van der Waals surface area (Å²) in [6.45, 7) is 4.07. The maximum atomic E-state index is 12.6. The van der Waals surface area contributed by atoms with Crippen molar-refractivity contribution in [2.45, 2.75) is 30.4 Å². The third-order valence-corrected chi connectivity index (χ3v) is 6.79. The Balaban J connectivity index is 1.84. The maximum Gasteiger partial charge on any atom is 0.341 e. The maximum absolute atomic E-state index is 12.6. The van der Waals surface area contributed by atoms with Gasteiger partial charge in [-0.15, -0.1) is 11.3 Å². The Morgan fingerprint density at radius 3 is 2.21 bits per heavy atom. The molecule has 1 amide bonds. The number of thiazole rings is 1. The normalized spacial score (nSPS) is 11.8. The van der Waals surface area contributed by atoms with Gasteiger partial charge in [0.2, 0.25) is 9.84 Å². The lowest BCUT2D eigenvalue weighted by molar-refractivity contribution is 0.102. The number of carbonyl (C=O) groups excluding carboxylic acids is 1. The Bertz CT molecular complexity index is 1110. The summed E-state index contributed by atoms with van der Waals surface area (Å²) >= 11 is 1.36. The summed E-state index contributed by atoms with van der Waals surface area (Å²) in [5, 5.41) is 3.10. The van der Waals surface area contributed by atoms with E-state index in [4.69, 9.17) is 0 Å². The summed E-state index contributed by atoms with van der Waals surface area (Å²) < 4.78 is 48.2. The third-order valence-electron chi connectivity index (χ3n) is 4.13. The molecule has 0 saturated heterocycles. The van der Waals surface area contributed by atoms with Gasteiger partial charge in [-0.25, -0.2) is 13.4 Å². The Morgan fingerprint density at radius 1 is 1.03 bits per heavy atom. The molecule has 0 atom stereocenters. The number of anilines is 1. The Morgan fingerprint density at radius 2 is 1.66 bits per heavy atom. The first kappa shape index (κ1) is 21.1. The summed E-state index contributed by atoms with van der Waals surface area (Å²) in [5.74, 6) is -3.81. The van der Waals surface area contributed by atoms with Gasteiger partial charge in [-0.1, -0.05) is 44.2 Å². The molecular weight excluding hydrogens is 418 g/mol. The molecule has 0 aliphatic heterocycles. The summed E-state index contributed by atoms with van der Waals surface area (Å²) in [6, 6.07) is 14.0. The van der Waals surface area contributed by atoms with E-state index in [2.05, 4.69) is 10.3 Å². The molecule has 1 aromatic heterocycles. The van der Waals surface area contributed by atoms with Gasteiger partial charge in [0.05, 0.1) is 10.6 Å². The second-order valence-corrected chi connectivity index (χ2v) is 9.49. The lowest BCUT2D eigenvalue weighted by Crippen LogP contribution is -2.14. The number of halogens is 2. The second kappa shape index (κ2) is 8.38. The quantitative estimate of drug-likeness (QED) is 0.578. The van der Waals surface area contributed by atoms with Crippen LogP contribution in [-0.2, 0) is 9.84 Å². The SMILES string of the molecule is CC(C)c1sc(NC(=O)c2ccc(S(=O)(=O)C(F)F)cc2)nc1-c1ccccc1. The van der Waals surface area contributed by atoms with Gasteiger partial charge in [0.25, 0.3) is 5.91 Å². The van der Waals surface area contributed by atoms with Gasteiger partial charge in [-0.3, -0.25) is 10.1 Å². The predicted octanol–water partition coefficient (Wildman–Crippen LogP) is 5.18. The standard InChI is InChI=1S/C20H18F2N2O3S2/c1-12(2)17-16(13-6-4-3-5-7-13)23-20(28-17)24-18(25)14-8-10-15(11-9-14)29(26,27)19(21)22/h3-12,19H,1-2H3,(H,23,24,25). The fourth-order valence-corrected chi connectivity index (χ4v) is 4.35. The summed E-state index contributed by atoms with van der Waals surface area (Å²) in [4.78, 5) is 17.5. The van der Waals surface area contributed by atoms with Crippen molar-refractivity contribution in [3.8, 4) is 11.3 Å². The molecule has 0 radical (unpaired) electrons. The van der Waals surface area contributed by atoms with E-state index in [1.54, 1.807) is 0 Å². The molecule has 3 rings (SSSR count). The van der Waals surface area contributed by atoms with Crippen LogP contribution in [0.2, 0.25) is 0 Å². The average Bonchev–Trinajstić information content (AvgIpc) is 3.12. The molecule has 3 aromatic rings. The molecule has 0 unspecified atom stereocenters. The van der Waals surface area contributed by atoms with E-state index in [0.717, 1.165) is 28.3 Å². The number of nitrogens with zero attached hydrogens (tertiary/aromatic N) is 1. The molecule has 0 saturated carbocycles. The van der Waals surface area contributed by atoms with E-state index in [1.807, 2.05) is 44.2 Å². The molecule has 0 aliphatic carbocycles. The smallest absolute Gasteiger partial charge is 0.298 e. The number of sulfone groups is 1. The molecule has 0 fully saturated rings. The Labute approximate surface area is 171 Å². The van der Waals surface area contributed by atoms with Crippen LogP contribution in [0.5, 0.6) is 0 Å². The van der Waals surface area contributed by atoms with Crippen molar-refractivity contribution in [2.24, 2.45) is 0 Å². The Hall–Kier alpha value is -2.65. The summed E-state index contributed by atoms with van der Waals surface area (Å²) in [6.07, 6.45) is 0. The van der Waals surface area contributed by atoms with Crippen LogP contribution in [0.1, 0.15) is 35.0 Å². The van der Waals surface area contributed by atoms with E-state index in [-0.39, 0.29) is 11.5 Å². The number of amides is 1. The fraction of sp³-hybridized carbons (Fsp3) is 0.200. The van der Waals surface area contributed by atoms with Crippen molar-refractivity contribution in [3.63, 3.8) is 0 Å². The summed E-state index contributed by atoms with van der Waals surface area (Å²) in [7, 11) is -4.70. The largest absolute Gasteiger partial charge is 0.341 e. The topological polar surface area (TPSA) is 76.1 Å². The highest BCUT2D eigenvalue weighted by molar-refractivity contribution is 7.91. The molecule has 1 heterocycles. The zero-order valence-corrected chi connectivity index (χ0v) is 17.2. The number of rotatable bonds is 6. The minimum Gasteiger partial charge on any atom is -0.298 e.